The molecule has 11 heteroatoms. The number of thiazole rings is 1. The molecule has 0 N–H and O–H groups in total. The number of ether oxygens (including phenoxy) is 2. The van der Waals surface area contributed by atoms with Gasteiger partial charge in [0.25, 0.3) is 0 Å². The first-order valence-corrected chi connectivity index (χ1v) is 10.2. The molecule has 2 heterocycles. The van der Waals surface area contributed by atoms with Gasteiger partial charge in [-0.3, -0.25) is 4.98 Å². The Morgan fingerprint density at radius 3 is 2.39 bits per heavy atom. The molecule has 4 nitrogen and oxygen atoms in total. The monoisotopic (exact) mass is 464 g/mol. The molecule has 31 heavy (non-hydrogen) atoms. The van der Waals surface area contributed by atoms with E-state index < -0.39 is 34.5 Å². The minimum absolute atomic E-state index is 0.0511. The maximum atomic E-state index is 13.7. The Kier molecular flexibility index (Phi) is 6.63. The summed E-state index contributed by atoms with van der Waals surface area (Å²) in [7, 11) is 0. The van der Waals surface area contributed by atoms with Crippen LogP contribution < -0.4 is 9.47 Å². The number of rotatable bonds is 7. The van der Waals surface area contributed by atoms with Crippen molar-refractivity contribution >= 4 is 21.6 Å². The van der Waals surface area contributed by atoms with Gasteiger partial charge in [-0.25, -0.2) is 4.98 Å². The number of pyridine rings is 1. The Morgan fingerprint density at radius 1 is 1.03 bits per heavy atom. The van der Waals surface area contributed by atoms with Crippen molar-refractivity contribution in [2.24, 2.45) is 0 Å². The molecular formula is C20H18F6N2O2S. The highest BCUT2D eigenvalue weighted by atomic mass is 32.1. The van der Waals surface area contributed by atoms with Crippen molar-refractivity contribution in [2.45, 2.75) is 45.1 Å². The lowest BCUT2D eigenvalue weighted by atomic mass is 9.95. The maximum absolute atomic E-state index is 13.7. The Labute approximate surface area is 177 Å². The minimum atomic E-state index is -5.26. The summed E-state index contributed by atoms with van der Waals surface area (Å²) in [5.74, 6) is -1.19. The molecule has 0 fully saturated rings. The van der Waals surface area contributed by atoms with Crippen LogP contribution >= 0.6 is 11.3 Å². The molecule has 168 valence electrons. The topological polar surface area (TPSA) is 44.2 Å². The van der Waals surface area contributed by atoms with E-state index >= 15 is 0 Å². The summed E-state index contributed by atoms with van der Waals surface area (Å²) in [6.07, 6.45) is -5.98. The number of alkyl halides is 6. The van der Waals surface area contributed by atoms with Crippen LogP contribution in [-0.2, 0) is 6.18 Å². The molecule has 0 aliphatic rings. The molecule has 0 spiro atoms. The quantitative estimate of drug-likeness (QED) is 0.355. The molecular weight excluding hydrogens is 446 g/mol. The van der Waals surface area contributed by atoms with Crippen LogP contribution in [0, 0.1) is 0 Å². The van der Waals surface area contributed by atoms with E-state index in [2.05, 4.69) is 14.7 Å². The lowest BCUT2D eigenvalue weighted by Crippen LogP contribution is -2.20. The highest BCUT2D eigenvalue weighted by Gasteiger charge is 2.42. The second-order valence-electron chi connectivity index (χ2n) is 6.57. The smallest absolute Gasteiger partial charge is 0.493 e. The van der Waals surface area contributed by atoms with Gasteiger partial charge in [0.2, 0.25) is 0 Å². The van der Waals surface area contributed by atoms with Gasteiger partial charge in [0, 0.05) is 23.9 Å². The fourth-order valence-electron chi connectivity index (χ4n) is 3.26. The van der Waals surface area contributed by atoms with Crippen LogP contribution in [-0.4, -0.2) is 22.9 Å². The van der Waals surface area contributed by atoms with Crippen molar-refractivity contribution in [1.29, 1.82) is 0 Å². The predicted molar refractivity (Wildman–Crippen MR) is 103 cm³/mol. The lowest BCUT2D eigenvalue weighted by Gasteiger charge is -2.17. The zero-order valence-corrected chi connectivity index (χ0v) is 17.3. The first kappa shape index (κ1) is 23.1. The third-order valence-electron chi connectivity index (χ3n) is 4.41. The standard InChI is InChI=1S/C20H18F6N2O2S/c1-3-5-11(12-10-27-9-8-14(12)29-4-2)18-28-13-6-7-15(30-20(24,25)26)16(17(13)31-18)19(21,22)23/h6-11H,3-5H2,1-2H3/t11-/m0/s1. The Morgan fingerprint density at radius 2 is 1.77 bits per heavy atom. The average Bonchev–Trinajstić information content (AvgIpc) is 3.08. The van der Waals surface area contributed by atoms with Gasteiger partial charge < -0.3 is 9.47 Å². The Bertz CT molecular complexity index is 1050. The number of nitrogens with zero attached hydrogens (tertiary/aromatic N) is 2. The summed E-state index contributed by atoms with van der Waals surface area (Å²) in [6, 6.07) is 3.40. The van der Waals surface area contributed by atoms with E-state index in [1.807, 2.05) is 6.92 Å². The van der Waals surface area contributed by atoms with Crippen LogP contribution in [0.3, 0.4) is 0 Å². The Hall–Kier alpha value is -2.56. The summed E-state index contributed by atoms with van der Waals surface area (Å²) >= 11 is 0.699. The van der Waals surface area contributed by atoms with Gasteiger partial charge in [-0.15, -0.1) is 24.5 Å². The van der Waals surface area contributed by atoms with Crippen molar-refractivity contribution in [3.05, 3.63) is 46.7 Å². The molecule has 0 saturated heterocycles. The molecule has 0 bridgehead atoms. The highest BCUT2D eigenvalue weighted by Crippen LogP contribution is 2.47. The maximum Gasteiger partial charge on any atom is 0.573 e. The van der Waals surface area contributed by atoms with Crippen LogP contribution in [0.4, 0.5) is 26.3 Å². The molecule has 0 radical (unpaired) electrons. The van der Waals surface area contributed by atoms with Crippen molar-refractivity contribution in [2.75, 3.05) is 6.61 Å². The lowest BCUT2D eigenvalue weighted by molar-refractivity contribution is -0.276. The van der Waals surface area contributed by atoms with Gasteiger partial charge in [-0.1, -0.05) is 13.3 Å². The third-order valence-corrected chi connectivity index (χ3v) is 5.61. The summed E-state index contributed by atoms with van der Waals surface area (Å²) in [6.45, 7) is 4.09. The normalized spacial score (nSPS) is 13.4. The molecule has 2 aromatic heterocycles. The van der Waals surface area contributed by atoms with E-state index in [-0.39, 0.29) is 5.52 Å². The molecule has 1 atom stereocenters. The van der Waals surface area contributed by atoms with Crippen molar-refractivity contribution in [1.82, 2.24) is 9.97 Å². The van der Waals surface area contributed by atoms with Crippen LogP contribution in [0.1, 0.15) is 48.7 Å². The van der Waals surface area contributed by atoms with Crippen molar-refractivity contribution < 1.29 is 35.8 Å². The zero-order chi connectivity index (χ0) is 22.8. The van der Waals surface area contributed by atoms with Crippen molar-refractivity contribution in [3.8, 4) is 11.5 Å². The predicted octanol–water partition coefficient (Wildman–Crippen LogP) is 6.94. The van der Waals surface area contributed by atoms with Crippen LogP contribution in [0.15, 0.2) is 30.6 Å². The number of aromatic nitrogens is 2. The number of fused-ring (bicyclic) bond motifs is 1. The average molecular weight is 464 g/mol. The van der Waals surface area contributed by atoms with E-state index in [1.165, 1.54) is 0 Å². The Balaban J connectivity index is 2.18. The summed E-state index contributed by atoms with van der Waals surface area (Å²) in [4.78, 5) is 8.41. The molecule has 3 rings (SSSR count). The second kappa shape index (κ2) is 8.89. The van der Waals surface area contributed by atoms with Gasteiger partial charge in [-0.2, -0.15) is 13.2 Å². The van der Waals surface area contributed by atoms with E-state index in [0.717, 1.165) is 6.07 Å². The fraction of sp³-hybridized carbons (Fsp3) is 0.400. The van der Waals surface area contributed by atoms with Gasteiger partial charge in [-0.05, 0) is 31.5 Å². The van der Waals surface area contributed by atoms with Crippen molar-refractivity contribution in [3.63, 3.8) is 0 Å². The number of benzene rings is 1. The number of hydrogen-bond acceptors (Lipinski definition) is 5. The largest absolute Gasteiger partial charge is 0.573 e. The first-order valence-electron chi connectivity index (χ1n) is 9.38. The second-order valence-corrected chi connectivity index (χ2v) is 7.60. The van der Waals surface area contributed by atoms with E-state index in [0.29, 0.717) is 53.2 Å². The van der Waals surface area contributed by atoms with E-state index in [1.54, 1.807) is 25.4 Å². The molecule has 1 aromatic carbocycles. The molecule has 0 unspecified atom stereocenters. The van der Waals surface area contributed by atoms with E-state index in [4.69, 9.17) is 4.74 Å². The highest BCUT2D eigenvalue weighted by molar-refractivity contribution is 7.18. The summed E-state index contributed by atoms with van der Waals surface area (Å²) in [5, 5.41) is 0.334. The van der Waals surface area contributed by atoms with Gasteiger partial charge in [0.15, 0.2) is 0 Å². The molecule has 0 saturated carbocycles. The van der Waals surface area contributed by atoms with E-state index in [9.17, 15) is 26.3 Å². The summed E-state index contributed by atoms with van der Waals surface area (Å²) in [5.41, 5.74) is -0.882. The number of halogens is 6. The number of hydrogen-bond donors (Lipinski definition) is 0. The van der Waals surface area contributed by atoms with Crippen LogP contribution in [0.25, 0.3) is 10.2 Å². The van der Waals surface area contributed by atoms with Gasteiger partial charge >= 0.3 is 12.5 Å². The van der Waals surface area contributed by atoms with Gasteiger partial charge in [0.1, 0.15) is 22.1 Å². The zero-order valence-electron chi connectivity index (χ0n) is 16.5. The molecule has 0 amide bonds. The molecule has 0 aliphatic heterocycles. The minimum Gasteiger partial charge on any atom is -0.493 e. The molecule has 0 aliphatic carbocycles. The van der Waals surface area contributed by atoms with Crippen LogP contribution in [0.2, 0.25) is 0 Å². The SMILES string of the molecule is CCC[C@H](c1nc2ccc(OC(F)(F)F)c(C(F)(F)F)c2s1)c1cnccc1OCC. The third kappa shape index (κ3) is 5.20. The van der Waals surface area contributed by atoms with Gasteiger partial charge in [0.05, 0.1) is 16.8 Å². The van der Waals surface area contributed by atoms with Crippen LogP contribution in [0.5, 0.6) is 11.5 Å². The fourth-order valence-corrected chi connectivity index (χ4v) is 4.54. The molecule has 3 aromatic rings. The summed E-state index contributed by atoms with van der Waals surface area (Å²) < 4.78 is 87.9. The first-order chi connectivity index (χ1) is 14.5.